The molecule has 2 heterocycles. The van der Waals surface area contributed by atoms with Crippen LogP contribution in [0.2, 0.25) is 0 Å². The lowest BCUT2D eigenvalue weighted by Gasteiger charge is -2.36. The Morgan fingerprint density at radius 2 is 1.59 bits per heavy atom. The lowest BCUT2D eigenvalue weighted by Crippen LogP contribution is -2.49. The fourth-order valence-electron chi connectivity index (χ4n) is 4.57. The third-order valence-corrected chi connectivity index (χ3v) is 6.35. The average Bonchev–Trinajstić information content (AvgIpc) is 3.33. The molecule has 0 bridgehead atoms. The van der Waals surface area contributed by atoms with Crippen molar-refractivity contribution >= 4 is 41.5 Å². The van der Waals surface area contributed by atoms with Gasteiger partial charge in [0, 0.05) is 70.9 Å². The maximum Gasteiger partial charge on any atom is 0.224 e. The number of benzene rings is 2. The number of hydrogen-bond acceptors (Lipinski definition) is 3. The van der Waals surface area contributed by atoms with Crippen molar-refractivity contribution in [2.75, 3.05) is 57.8 Å². The van der Waals surface area contributed by atoms with Gasteiger partial charge in [-0.15, -0.1) is 24.0 Å². The van der Waals surface area contributed by atoms with E-state index in [0.717, 1.165) is 51.6 Å². The van der Waals surface area contributed by atoms with Crippen molar-refractivity contribution in [1.82, 2.24) is 15.1 Å². The highest BCUT2D eigenvalue weighted by molar-refractivity contribution is 14.0. The van der Waals surface area contributed by atoms with Gasteiger partial charge in [0.05, 0.1) is 0 Å². The first-order valence-corrected chi connectivity index (χ1v) is 11.3. The molecule has 0 aromatic heterocycles. The normalized spacial score (nSPS) is 19.0. The summed E-state index contributed by atoms with van der Waals surface area (Å²) in [6.45, 7) is 5.93. The number of hydrogen-bond donors (Lipinski definition) is 1. The largest absolute Gasteiger partial charge is 0.368 e. The zero-order valence-electron chi connectivity index (χ0n) is 18.8. The van der Waals surface area contributed by atoms with Crippen LogP contribution in [-0.4, -0.2) is 74.5 Å². The van der Waals surface area contributed by atoms with E-state index in [1.54, 1.807) is 0 Å². The summed E-state index contributed by atoms with van der Waals surface area (Å²) in [7, 11) is 1.82. The number of amides is 1. The fourth-order valence-corrected chi connectivity index (χ4v) is 4.57. The molecule has 1 unspecified atom stereocenters. The first-order valence-electron chi connectivity index (χ1n) is 11.3. The van der Waals surface area contributed by atoms with Crippen LogP contribution in [0.3, 0.4) is 0 Å². The van der Waals surface area contributed by atoms with E-state index in [1.807, 2.05) is 18.0 Å². The molecule has 0 saturated carbocycles. The molecule has 2 fully saturated rings. The van der Waals surface area contributed by atoms with Gasteiger partial charge in [0.1, 0.15) is 0 Å². The zero-order chi connectivity index (χ0) is 21.5. The SMILES string of the molecule is CN=C(NCCC(=O)N1CCN(c2ccccc2)CC1)N1CCC(c2ccccc2)C1.I. The van der Waals surface area contributed by atoms with Gasteiger partial charge in [-0.2, -0.15) is 0 Å². The molecule has 2 saturated heterocycles. The van der Waals surface area contributed by atoms with Crippen LogP contribution in [0, 0.1) is 0 Å². The number of aliphatic imine (C=N–C) groups is 1. The molecule has 7 heteroatoms. The summed E-state index contributed by atoms with van der Waals surface area (Å²) >= 11 is 0. The summed E-state index contributed by atoms with van der Waals surface area (Å²) in [6, 6.07) is 21.1. The van der Waals surface area contributed by atoms with Crippen molar-refractivity contribution < 1.29 is 4.79 Å². The Morgan fingerprint density at radius 1 is 0.938 bits per heavy atom. The van der Waals surface area contributed by atoms with Crippen molar-refractivity contribution in [3.05, 3.63) is 66.2 Å². The first-order chi connectivity index (χ1) is 15.2. The van der Waals surface area contributed by atoms with Crippen LogP contribution in [-0.2, 0) is 4.79 Å². The van der Waals surface area contributed by atoms with Crippen molar-refractivity contribution in [2.24, 2.45) is 4.99 Å². The molecule has 2 aromatic carbocycles. The van der Waals surface area contributed by atoms with Crippen LogP contribution in [0.5, 0.6) is 0 Å². The number of rotatable bonds is 5. The second-order valence-electron chi connectivity index (χ2n) is 8.27. The lowest BCUT2D eigenvalue weighted by atomic mass is 9.99. The number of piperazine rings is 1. The Labute approximate surface area is 208 Å². The molecule has 1 amide bonds. The van der Waals surface area contributed by atoms with Gasteiger partial charge in [-0.1, -0.05) is 48.5 Å². The van der Waals surface area contributed by atoms with E-state index in [1.165, 1.54) is 11.3 Å². The molecule has 0 aliphatic carbocycles. The maximum atomic E-state index is 12.7. The number of nitrogens with zero attached hydrogens (tertiary/aromatic N) is 4. The second-order valence-corrected chi connectivity index (χ2v) is 8.27. The Morgan fingerprint density at radius 3 is 2.25 bits per heavy atom. The van der Waals surface area contributed by atoms with E-state index in [4.69, 9.17) is 0 Å². The number of likely N-dealkylation sites (tertiary alicyclic amines) is 1. The van der Waals surface area contributed by atoms with Gasteiger partial charge < -0.3 is 20.0 Å². The molecule has 2 aromatic rings. The molecule has 2 aliphatic heterocycles. The van der Waals surface area contributed by atoms with Crippen molar-refractivity contribution in [3.63, 3.8) is 0 Å². The Balaban J connectivity index is 0.00000289. The van der Waals surface area contributed by atoms with Gasteiger partial charge in [0.15, 0.2) is 5.96 Å². The molecule has 32 heavy (non-hydrogen) atoms. The lowest BCUT2D eigenvalue weighted by molar-refractivity contribution is -0.131. The molecule has 1 atom stereocenters. The van der Waals surface area contributed by atoms with Crippen LogP contribution in [0.1, 0.15) is 24.3 Å². The summed E-state index contributed by atoms with van der Waals surface area (Å²) in [4.78, 5) is 23.8. The van der Waals surface area contributed by atoms with Gasteiger partial charge in [0.25, 0.3) is 0 Å². The maximum absolute atomic E-state index is 12.7. The summed E-state index contributed by atoms with van der Waals surface area (Å²) < 4.78 is 0. The van der Waals surface area contributed by atoms with Crippen LogP contribution < -0.4 is 10.2 Å². The minimum absolute atomic E-state index is 0. The highest BCUT2D eigenvalue weighted by Gasteiger charge is 2.26. The predicted octanol–water partition coefficient (Wildman–Crippen LogP) is 3.41. The fraction of sp³-hybridized carbons (Fsp3) is 0.440. The average molecular weight is 547 g/mol. The van der Waals surface area contributed by atoms with E-state index < -0.39 is 0 Å². The van der Waals surface area contributed by atoms with Crippen LogP contribution in [0.15, 0.2) is 65.7 Å². The molecule has 6 nitrogen and oxygen atoms in total. The smallest absolute Gasteiger partial charge is 0.224 e. The van der Waals surface area contributed by atoms with Crippen LogP contribution >= 0.6 is 24.0 Å². The first kappa shape index (κ1) is 24.4. The van der Waals surface area contributed by atoms with Crippen LogP contribution in [0.4, 0.5) is 5.69 Å². The number of carbonyl (C=O) groups is 1. The molecule has 2 aliphatic rings. The highest BCUT2D eigenvalue weighted by atomic mass is 127. The Kier molecular flexibility index (Phi) is 9.20. The molecule has 4 rings (SSSR count). The van der Waals surface area contributed by atoms with Gasteiger partial charge in [0.2, 0.25) is 5.91 Å². The second kappa shape index (κ2) is 12.1. The summed E-state index contributed by atoms with van der Waals surface area (Å²) in [5.74, 6) is 1.67. The molecular weight excluding hydrogens is 513 g/mol. The summed E-state index contributed by atoms with van der Waals surface area (Å²) in [5, 5.41) is 3.41. The van der Waals surface area contributed by atoms with Crippen LogP contribution in [0.25, 0.3) is 0 Å². The minimum Gasteiger partial charge on any atom is -0.368 e. The number of halogens is 1. The van der Waals surface area contributed by atoms with E-state index in [0.29, 0.717) is 18.9 Å². The van der Waals surface area contributed by atoms with Gasteiger partial charge in [-0.05, 0) is 24.1 Å². The predicted molar refractivity (Wildman–Crippen MR) is 142 cm³/mol. The molecule has 172 valence electrons. The van der Waals surface area contributed by atoms with E-state index >= 15 is 0 Å². The van der Waals surface area contributed by atoms with E-state index in [9.17, 15) is 4.79 Å². The third-order valence-electron chi connectivity index (χ3n) is 6.35. The summed E-state index contributed by atoms with van der Waals surface area (Å²) in [6.07, 6.45) is 1.63. The molecule has 0 spiro atoms. The minimum atomic E-state index is 0. The number of guanidine groups is 1. The number of para-hydroxylation sites is 1. The number of nitrogens with one attached hydrogen (secondary N) is 1. The Bertz CT molecular complexity index is 868. The van der Waals surface area contributed by atoms with Crippen molar-refractivity contribution in [3.8, 4) is 0 Å². The highest BCUT2D eigenvalue weighted by Crippen LogP contribution is 2.26. The number of anilines is 1. The van der Waals surface area contributed by atoms with Crippen molar-refractivity contribution in [1.29, 1.82) is 0 Å². The van der Waals surface area contributed by atoms with Gasteiger partial charge in [-0.25, -0.2) is 0 Å². The standard InChI is InChI=1S/C25H33N5O.HI/c1-26-25(30-15-13-22(20-30)21-8-4-2-5-9-21)27-14-12-24(31)29-18-16-28(17-19-29)23-10-6-3-7-11-23;/h2-11,22H,12-20H2,1H3,(H,26,27);1H. The van der Waals surface area contributed by atoms with Gasteiger partial charge in [-0.3, -0.25) is 9.79 Å². The molecule has 0 radical (unpaired) electrons. The third kappa shape index (κ3) is 6.15. The monoisotopic (exact) mass is 547 g/mol. The zero-order valence-corrected chi connectivity index (χ0v) is 21.2. The Hall–Kier alpha value is -2.29. The topological polar surface area (TPSA) is 51.2 Å². The quantitative estimate of drug-likeness (QED) is 0.354. The van der Waals surface area contributed by atoms with Crippen molar-refractivity contribution in [2.45, 2.75) is 18.8 Å². The van der Waals surface area contributed by atoms with Gasteiger partial charge >= 0.3 is 0 Å². The van der Waals surface area contributed by atoms with E-state index in [-0.39, 0.29) is 29.9 Å². The summed E-state index contributed by atoms with van der Waals surface area (Å²) in [5.41, 5.74) is 2.63. The van der Waals surface area contributed by atoms with E-state index in [2.05, 4.69) is 74.7 Å². The molecular formula is C25H34IN5O. The number of carbonyl (C=O) groups excluding carboxylic acids is 1. The molecule has 1 N–H and O–H groups in total.